The van der Waals surface area contributed by atoms with Crippen LogP contribution in [0.3, 0.4) is 0 Å². The summed E-state index contributed by atoms with van der Waals surface area (Å²) < 4.78 is 74.7. The standard InChI is InChI=1S/C19H23N3O3.2C2HF3O2/c23-19(21-10-16-3-1-2-6-20-16)17-9-15-4-7-22(12-18(15)25-17)11-14-5-8-24-13-14;2*3-2(4,5)1(6)7/h1-3,5-6,8,13,15,17-18H,4,7,9-12H2,(H,21,23);2*(H,6,7)/t15-,17-,18-;;/m0../s1. The molecule has 0 bridgehead atoms. The number of furan rings is 1. The van der Waals surface area contributed by atoms with Crippen molar-refractivity contribution in [3.8, 4) is 0 Å². The van der Waals surface area contributed by atoms with Gasteiger partial charge in [-0.1, -0.05) is 6.07 Å². The van der Waals surface area contributed by atoms with E-state index < -0.39 is 24.3 Å². The van der Waals surface area contributed by atoms with Gasteiger partial charge in [0, 0.05) is 24.8 Å². The maximum atomic E-state index is 12.4. The number of rotatable bonds is 5. The monoisotopic (exact) mass is 569 g/mol. The molecular formula is C23H25F6N3O7. The van der Waals surface area contributed by atoms with Gasteiger partial charge in [0.1, 0.15) is 6.10 Å². The summed E-state index contributed by atoms with van der Waals surface area (Å²) in [5, 5.41) is 17.2. The number of carboxylic acids is 2. The fraction of sp³-hybridized carbons (Fsp3) is 0.478. The molecule has 0 radical (unpaired) electrons. The minimum absolute atomic E-state index is 0.0264. The molecule has 2 aromatic heterocycles. The van der Waals surface area contributed by atoms with E-state index in [2.05, 4.69) is 15.2 Å². The van der Waals surface area contributed by atoms with Gasteiger partial charge in [0.25, 0.3) is 0 Å². The van der Waals surface area contributed by atoms with E-state index in [4.69, 9.17) is 29.0 Å². The smallest absolute Gasteiger partial charge is 0.475 e. The molecule has 0 unspecified atom stereocenters. The van der Waals surface area contributed by atoms with Crippen LogP contribution in [0.5, 0.6) is 0 Å². The van der Waals surface area contributed by atoms with E-state index in [0.717, 1.165) is 38.2 Å². The minimum atomic E-state index is -5.08. The largest absolute Gasteiger partial charge is 0.490 e. The topological polar surface area (TPSA) is 142 Å². The predicted molar refractivity (Wildman–Crippen MR) is 119 cm³/mol. The fourth-order valence-corrected chi connectivity index (χ4v) is 3.74. The van der Waals surface area contributed by atoms with Crippen LogP contribution in [0.25, 0.3) is 0 Å². The average molecular weight is 569 g/mol. The number of carbonyl (C=O) groups is 3. The number of fused-ring (bicyclic) bond motifs is 1. The number of amides is 1. The highest BCUT2D eigenvalue weighted by molar-refractivity contribution is 5.81. The Labute approximate surface area is 217 Å². The lowest BCUT2D eigenvalue weighted by Gasteiger charge is -2.33. The van der Waals surface area contributed by atoms with Crippen molar-refractivity contribution < 1.29 is 60.1 Å². The normalized spacial score (nSPS) is 20.9. The first-order valence-corrected chi connectivity index (χ1v) is 11.3. The highest BCUT2D eigenvalue weighted by atomic mass is 19.4. The number of nitrogens with zero attached hydrogens (tertiary/aromatic N) is 2. The molecule has 4 heterocycles. The molecule has 0 aromatic carbocycles. The van der Waals surface area contributed by atoms with Crippen LogP contribution in [0.2, 0.25) is 0 Å². The lowest BCUT2D eigenvalue weighted by Crippen LogP contribution is -2.42. The van der Waals surface area contributed by atoms with Gasteiger partial charge < -0.3 is 24.7 Å². The summed E-state index contributed by atoms with van der Waals surface area (Å²) in [7, 11) is 0. The highest BCUT2D eigenvalue weighted by Crippen LogP contribution is 2.33. The van der Waals surface area contributed by atoms with Crippen LogP contribution in [-0.2, 0) is 32.2 Å². The van der Waals surface area contributed by atoms with Gasteiger partial charge in [0.2, 0.25) is 5.91 Å². The van der Waals surface area contributed by atoms with E-state index in [1.807, 2.05) is 24.3 Å². The Kier molecular flexibility index (Phi) is 11.3. The second-order valence-corrected chi connectivity index (χ2v) is 8.46. The summed E-state index contributed by atoms with van der Waals surface area (Å²) in [6.07, 6.45) is -3.24. The summed E-state index contributed by atoms with van der Waals surface area (Å²) in [5.41, 5.74) is 2.04. The van der Waals surface area contributed by atoms with E-state index in [1.165, 1.54) is 5.56 Å². The maximum absolute atomic E-state index is 12.4. The number of pyridine rings is 1. The Balaban J connectivity index is 0.000000317. The maximum Gasteiger partial charge on any atom is 0.490 e. The predicted octanol–water partition coefficient (Wildman–Crippen LogP) is 3.24. The van der Waals surface area contributed by atoms with Gasteiger partial charge in [0.05, 0.1) is 30.9 Å². The van der Waals surface area contributed by atoms with Crippen LogP contribution >= 0.6 is 0 Å². The van der Waals surface area contributed by atoms with E-state index >= 15 is 0 Å². The molecule has 0 spiro atoms. The Bertz CT molecular complexity index is 1040. The van der Waals surface area contributed by atoms with Gasteiger partial charge in [0.15, 0.2) is 0 Å². The van der Waals surface area contributed by atoms with Crippen molar-refractivity contribution >= 4 is 17.8 Å². The number of alkyl halides is 6. The fourth-order valence-electron chi connectivity index (χ4n) is 3.74. The third-order valence-electron chi connectivity index (χ3n) is 5.57. The second-order valence-electron chi connectivity index (χ2n) is 8.46. The van der Waals surface area contributed by atoms with Gasteiger partial charge in [-0.3, -0.25) is 14.7 Å². The zero-order chi connectivity index (χ0) is 29.2. The molecule has 2 aliphatic rings. The first-order valence-electron chi connectivity index (χ1n) is 11.3. The number of hydrogen-bond acceptors (Lipinski definition) is 7. The van der Waals surface area contributed by atoms with Crippen LogP contribution < -0.4 is 5.32 Å². The molecule has 2 aromatic rings. The number of carbonyl (C=O) groups excluding carboxylic acids is 1. The average Bonchev–Trinajstić information content (AvgIpc) is 3.52. The molecule has 2 aliphatic heterocycles. The van der Waals surface area contributed by atoms with E-state index in [-0.39, 0.29) is 18.1 Å². The Morgan fingerprint density at radius 2 is 1.69 bits per heavy atom. The van der Waals surface area contributed by atoms with Crippen LogP contribution in [0.1, 0.15) is 24.1 Å². The van der Waals surface area contributed by atoms with Gasteiger partial charge in [-0.2, -0.15) is 26.3 Å². The third kappa shape index (κ3) is 10.9. The molecular weight excluding hydrogens is 544 g/mol. The molecule has 3 N–H and O–H groups in total. The van der Waals surface area contributed by atoms with E-state index in [9.17, 15) is 31.1 Å². The molecule has 216 valence electrons. The minimum Gasteiger partial charge on any atom is -0.475 e. The molecule has 2 fully saturated rings. The number of likely N-dealkylation sites (tertiary alicyclic amines) is 1. The van der Waals surface area contributed by atoms with Crippen molar-refractivity contribution in [2.75, 3.05) is 13.1 Å². The number of hydrogen-bond donors (Lipinski definition) is 3. The molecule has 0 aliphatic carbocycles. The zero-order valence-corrected chi connectivity index (χ0v) is 20.1. The number of ether oxygens (including phenoxy) is 1. The Morgan fingerprint density at radius 1 is 1.05 bits per heavy atom. The molecule has 10 nitrogen and oxygen atoms in total. The molecule has 4 rings (SSSR count). The lowest BCUT2D eigenvalue weighted by atomic mass is 9.91. The number of carboxylic acid groups (broad SMARTS) is 2. The molecule has 1 amide bonds. The summed E-state index contributed by atoms with van der Waals surface area (Å²) in [5.74, 6) is -5.06. The zero-order valence-electron chi connectivity index (χ0n) is 20.1. The third-order valence-corrected chi connectivity index (χ3v) is 5.57. The van der Waals surface area contributed by atoms with Crippen molar-refractivity contribution in [3.05, 3.63) is 54.2 Å². The van der Waals surface area contributed by atoms with Gasteiger partial charge >= 0.3 is 24.3 Å². The summed E-state index contributed by atoms with van der Waals surface area (Å²) in [6, 6.07) is 7.69. The number of nitrogens with one attached hydrogen (secondary N) is 1. The van der Waals surface area contributed by atoms with Gasteiger partial charge in [-0.05, 0) is 43.5 Å². The van der Waals surface area contributed by atoms with Crippen LogP contribution in [0.15, 0.2) is 47.4 Å². The van der Waals surface area contributed by atoms with E-state index in [1.54, 1.807) is 18.7 Å². The molecule has 2 saturated heterocycles. The number of aromatic nitrogens is 1. The van der Waals surface area contributed by atoms with Crippen molar-refractivity contribution in [3.63, 3.8) is 0 Å². The Morgan fingerprint density at radius 3 is 2.21 bits per heavy atom. The first kappa shape index (κ1) is 31.6. The lowest BCUT2D eigenvalue weighted by molar-refractivity contribution is -0.193. The Hall–Kier alpha value is -3.66. The highest BCUT2D eigenvalue weighted by Gasteiger charge is 2.42. The van der Waals surface area contributed by atoms with E-state index in [0.29, 0.717) is 12.5 Å². The van der Waals surface area contributed by atoms with Crippen molar-refractivity contribution in [1.82, 2.24) is 15.2 Å². The summed E-state index contributed by atoms with van der Waals surface area (Å²) in [4.78, 5) is 36.8. The van der Waals surface area contributed by atoms with Crippen LogP contribution in [-0.4, -0.2) is 75.6 Å². The molecule has 39 heavy (non-hydrogen) atoms. The molecule has 3 atom stereocenters. The first-order chi connectivity index (χ1) is 18.2. The number of halogens is 6. The van der Waals surface area contributed by atoms with Crippen LogP contribution in [0, 0.1) is 5.92 Å². The van der Waals surface area contributed by atoms with Crippen molar-refractivity contribution in [2.24, 2.45) is 5.92 Å². The summed E-state index contributed by atoms with van der Waals surface area (Å²) in [6.45, 7) is 3.24. The van der Waals surface area contributed by atoms with Crippen LogP contribution in [0.4, 0.5) is 26.3 Å². The van der Waals surface area contributed by atoms with Gasteiger partial charge in [-0.25, -0.2) is 9.59 Å². The quantitative estimate of drug-likeness (QED) is 0.463. The molecule has 0 saturated carbocycles. The second kappa shape index (κ2) is 13.9. The summed E-state index contributed by atoms with van der Waals surface area (Å²) >= 11 is 0. The SMILES string of the molecule is O=C(NCc1ccccn1)[C@@H]1C[C@@H]2CCN(Cc3ccoc3)C[C@@H]2O1.O=C(O)C(F)(F)F.O=C(O)C(F)(F)F. The van der Waals surface area contributed by atoms with Crippen molar-refractivity contribution in [2.45, 2.75) is 50.5 Å². The number of piperidine rings is 1. The van der Waals surface area contributed by atoms with Gasteiger partial charge in [-0.15, -0.1) is 0 Å². The number of aliphatic carboxylic acids is 2. The molecule has 16 heteroatoms. The van der Waals surface area contributed by atoms with Crippen molar-refractivity contribution in [1.29, 1.82) is 0 Å².